The molecule has 6 nitrogen and oxygen atoms in total. The largest absolute Gasteiger partial charge is 0.377 e. The van der Waals surface area contributed by atoms with Crippen molar-refractivity contribution in [2.75, 3.05) is 12.4 Å². The summed E-state index contributed by atoms with van der Waals surface area (Å²) in [5.41, 5.74) is 2.37. The maximum Gasteiger partial charge on any atom is 0.313 e. The molecule has 2 aromatic rings. The van der Waals surface area contributed by atoms with E-state index in [1.807, 2.05) is 25.3 Å². The van der Waals surface area contributed by atoms with Crippen LogP contribution in [0.4, 0.5) is 5.69 Å². The van der Waals surface area contributed by atoms with Crippen LogP contribution in [0.2, 0.25) is 0 Å². The van der Waals surface area contributed by atoms with Crippen LogP contribution in [0.5, 0.6) is 0 Å². The number of hydrogen-bond donors (Lipinski definition) is 2. The van der Waals surface area contributed by atoms with E-state index in [0.29, 0.717) is 5.69 Å². The molecule has 0 aliphatic carbocycles. The highest BCUT2D eigenvalue weighted by atomic mass is 32.1. The zero-order valence-corrected chi connectivity index (χ0v) is 14.1. The summed E-state index contributed by atoms with van der Waals surface area (Å²) < 4.78 is 5.24. The maximum atomic E-state index is 11.9. The van der Waals surface area contributed by atoms with E-state index in [2.05, 4.69) is 15.6 Å². The molecule has 0 radical (unpaired) electrons. The predicted molar refractivity (Wildman–Crippen MR) is 89.2 cm³/mol. The molecule has 1 atom stereocenters. The first-order chi connectivity index (χ1) is 11.0. The number of hydrogen-bond acceptors (Lipinski definition) is 5. The van der Waals surface area contributed by atoms with Gasteiger partial charge < -0.3 is 15.4 Å². The molecule has 7 heteroatoms. The standard InChI is InChI=1S/C16H19N3O3S/c1-10-9-23-14(18-10)8-17-15(20)16(21)19-13-6-4-5-12(7-13)11(2)22-3/h4-7,9,11H,8H2,1-3H3,(H,17,20)(H,19,21)/t11-/m1/s1. The molecule has 0 spiro atoms. The average molecular weight is 333 g/mol. The van der Waals surface area contributed by atoms with Gasteiger partial charge in [-0.2, -0.15) is 0 Å². The number of carbonyl (C=O) groups is 2. The molecule has 0 bridgehead atoms. The van der Waals surface area contributed by atoms with Crippen LogP contribution in [0.3, 0.4) is 0 Å². The number of amides is 2. The van der Waals surface area contributed by atoms with E-state index < -0.39 is 11.8 Å². The summed E-state index contributed by atoms with van der Waals surface area (Å²) in [5.74, 6) is -1.40. The fourth-order valence-electron chi connectivity index (χ4n) is 1.91. The van der Waals surface area contributed by atoms with Crippen LogP contribution in [-0.4, -0.2) is 23.9 Å². The highest BCUT2D eigenvalue weighted by Crippen LogP contribution is 2.19. The van der Waals surface area contributed by atoms with Gasteiger partial charge in [0, 0.05) is 23.9 Å². The zero-order valence-electron chi connectivity index (χ0n) is 13.3. The highest BCUT2D eigenvalue weighted by Gasteiger charge is 2.14. The lowest BCUT2D eigenvalue weighted by Crippen LogP contribution is -2.34. The number of carbonyl (C=O) groups excluding carboxylic acids is 2. The fraction of sp³-hybridized carbons (Fsp3) is 0.312. The first-order valence-corrected chi connectivity index (χ1v) is 8.00. The summed E-state index contributed by atoms with van der Waals surface area (Å²) in [6.45, 7) is 4.03. The number of nitrogens with zero attached hydrogens (tertiary/aromatic N) is 1. The Morgan fingerprint density at radius 3 is 2.78 bits per heavy atom. The van der Waals surface area contributed by atoms with E-state index in [0.717, 1.165) is 16.3 Å². The summed E-state index contributed by atoms with van der Waals surface area (Å²) in [6, 6.07) is 7.20. The topological polar surface area (TPSA) is 80.3 Å². The minimum atomic E-state index is -0.708. The van der Waals surface area contributed by atoms with Gasteiger partial charge in [0.1, 0.15) is 5.01 Å². The summed E-state index contributed by atoms with van der Waals surface area (Å²) in [4.78, 5) is 28.0. The Bertz CT molecular complexity index is 699. The second-order valence-electron chi connectivity index (χ2n) is 5.02. The Balaban J connectivity index is 1.91. The van der Waals surface area contributed by atoms with Crippen molar-refractivity contribution in [2.24, 2.45) is 0 Å². The van der Waals surface area contributed by atoms with Crippen LogP contribution in [0, 0.1) is 6.92 Å². The van der Waals surface area contributed by atoms with Gasteiger partial charge in [0.15, 0.2) is 0 Å². The molecule has 1 aromatic heterocycles. The number of ether oxygens (including phenoxy) is 1. The molecule has 0 saturated carbocycles. The van der Waals surface area contributed by atoms with Gasteiger partial charge in [-0.3, -0.25) is 9.59 Å². The molecule has 0 unspecified atom stereocenters. The van der Waals surface area contributed by atoms with Crippen molar-refractivity contribution in [3.63, 3.8) is 0 Å². The lowest BCUT2D eigenvalue weighted by atomic mass is 10.1. The molecule has 0 aliphatic heterocycles. The minimum Gasteiger partial charge on any atom is -0.377 e. The molecule has 0 aliphatic rings. The van der Waals surface area contributed by atoms with E-state index in [-0.39, 0.29) is 12.6 Å². The number of rotatable bonds is 5. The van der Waals surface area contributed by atoms with Crippen LogP contribution < -0.4 is 10.6 Å². The Morgan fingerprint density at radius 2 is 2.13 bits per heavy atom. The molecule has 122 valence electrons. The monoisotopic (exact) mass is 333 g/mol. The van der Waals surface area contributed by atoms with Crippen molar-refractivity contribution in [2.45, 2.75) is 26.5 Å². The molecule has 2 amide bonds. The normalized spacial score (nSPS) is 11.8. The Morgan fingerprint density at radius 1 is 1.35 bits per heavy atom. The SMILES string of the molecule is CO[C@H](C)c1cccc(NC(=O)C(=O)NCc2nc(C)cs2)c1. The molecular formula is C16H19N3O3S. The summed E-state index contributed by atoms with van der Waals surface area (Å²) in [7, 11) is 1.61. The first kappa shape index (κ1) is 17.1. The number of thiazole rings is 1. The van der Waals surface area contributed by atoms with Crippen molar-refractivity contribution >= 4 is 28.8 Å². The van der Waals surface area contributed by atoms with Gasteiger partial charge in [-0.1, -0.05) is 12.1 Å². The van der Waals surface area contributed by atoms with Crippen LogP contribution in [0.15, 0.2) is 29.6 Å². The average Bonchev–Trinajstić information content (AvgIpc) is 2.97. The predicted octanol–water partition coefficient (Wildman–Crippen LogP) is 2.41. The second kappa shape index (κ2) is 7.85. The van der Waals surface area contributed by atoms with Crippen molar-refractivity contribution in [1.82, 2.24) is 10.3 Å². The van der Waals surface area contributed by atoms with E-state index in [1.165, 1.54) is 11.3 Å². The van der Waals surface area contributed by atoms with Gasteiger partial charge in [0.2, 0.25) is 0 Å². The number of benzene rings is 1. The summed E-state index contributed by atoms with van der Waals surface area (Å²) in [6.07, 6.45) is -0.0891. The van der Waals surface area contributed by atoms with Crippen LogP contribution in [0.25, 0.3) is 0 Å². The smallest absolute Gasteiger partial charge is 0.313 e. The Labute approximate surface area is 138 Å². The third-order valence-corrected chi connectivity index (χ3v) is 4.21. The molecule has 1 aromatic carbocycles. The van der Waals surface area contributed by atoms with Gasteiger partial charge in [-0.05, 0) is 31.5 Å². The first-order valence-electron chi connectivity index (χ1n) is 7.12. The van der Waals surface area contributed by atoms with Crippen molar-refractivity contribution in [3.05, 3.63) is 45.9 Å². The van der Waals surface area contributed by atoms with E-state index >= 15 is 0 Å². The van der Waals surface area contributed by atoms with Crippen LogP contribution in [-0.2, 0) is 20.9 Å². The van der Waals surface area contributed by atoms with E-state index in [9.17, 15) is 9.59 Å². The minimum absolute atomic E-state index is 0.0891. The maximum absolute atomic E-state index is 11.9. The molecule has 23 heavy (non-hydrogen) atoms. The lowest BCUT2D eigenvalue weighted by Gasteiger charge is -2.12. The molecule has 2 rings (SSSR count). The second-order valence-corrected chi connectivity index (χ2v) is 5.97. The molecule has 1 heterocycles. The number of nitrogens with one attached hydrogen (secondary N) is 2. The zero-order chi connectivity index (χ0) is 16.8. The van der Waals surface area contributed by atoms with E-state index in [1.54, 1.807) is 25.3 Å². The molecule has 0 saturated heterocycles. The third-order valence-electron chi connectivity index (χ3n) is 3.24. The van der Waals surface area contributed by atoms with Gasteiger partial charge in [0.25, 0.3) is 0 Å². The van der Waals surface area contributed by atoms with Crippen LogP contribution >= 0.6 is 11.3 Å². The number of methoxy groups -OCH3 is 1. The number of anilines is 1. The quantitative estimate of drug-likeness (QED) is 0.824. The highest BCUT2D eigenvalue weighted by molar-refractivity contribution is 7.09. The summed E-state index contributed by atoms with van der Waals surface area (Å²) in [5, 5.41) is 7.79. The van der Waals surface area contributed by atoms with Gasteiger partial charge >= 0.3 is 11.8 Å². The lowest BCUT2D eigenvalue weighted by molar-refractivity contribution is -0.136. The molecular weight excluding hydrogens is 314 g/mol. The van der Waals surface area contributed by atoms with Gasteiger partial charge in [-0.15, -0.1) is 11.3 Å². The molecule has 0 fully saturated rings. The fourth-order valence-corrected chi connectivity index (χ4v) is 2.62. The number of aromatic nitrogens is 1. The summed E-state index contributed by atoms with van der Waals surface area (Å²) >= 11 is 1.44. The molecule has 2 N–H and O–H groups in total. The third kappa shape index (κ3) is 4.87. The van der Waals surface area contributed by atoms with E-state index in [4.69, 9.17) is 4.74 Å². The van der Waals surface area contributed by atoms with Gasteiger partial charge in [-0.25, -0.2) is 4.98 Å². The Kier molecular flexibility index (Phi) is 5.84. The van der Waals surface area contributed by atoms with Gasteiger partial charge in [0.05, 0.1) is 12.6 Å². The van der Waals surface area contributed by atoms with Crippen LogP contribution in [0.1, 0.15) is 29.3 Å². The van der Waals surface area contributed by atoms with Crippen molar-refractivity contribution in [1.29, 1.82) is 0 Å². The Hall–Kier alpha value is -2.25. The van der Waals surface area contributed by atoms with Crippen molar-refractivity contribution < 1.29 is 14.3 Å². The number of aryl methyl sites for hydroxylation is 1. The van der Waals surface area contributed by atoms with Crippen molar-refractivity contribution in [3.8, 4) is 0 Å².